The first-order chi connectivity index (χ1) is 11.6. The van der Waals surface area contributed by atoms with E-state index in [-0.39, 0.29) is 5.91 Å². The van der Waals surface area contributed by atoms with Crippen molar-refractivity contribution in [2.45, 2.75) is 13.8 Å². The lowest BCUT2D eigenvalue weighted by atomic mass is 10.1. The van der Waals surface area contributed by atoms with Crippen LogP contribution >= 0.6 is 11.3 Å². The topological polar surface area (TPSA) is 66.6 Å². The van der Waals surface area contributed by atoms with Gasteiger partial charge in [-0.1, -0.05) is 6.07 Å². The van der Waals surface area contributed by atoms with Gasteiger partial charge in [0.25, 0.3) is 5.91 Å². The van der Waals surface area contributed by atoms with Gasteiger partial charge in [0.2, 0.25) is 5.65 Å². The standard InChI is InChI=1S/C16H18N6OS/c1-11-12(2)19-22-10-17-18-15(22)14(11)20-5-7-21(8-6-20)16(23)13-4-3-9-24-13/h3-4,9-10H,5-8H2,1-2H3. The summed E-state index contributed by atoms with van der Waals surface area (Å²) in [7, 11) is 0. The molecule has 1 saturated heterocycles. The quantitative estimate of drug-likeness (QED) is 0.710. The lowest BCUT2D eigenvalue weighted by Gasteiger charge is -2.36. The molecule has 3 aromatic heterocycles. The van der Waals surface area contributed by atoms with Crippen molar-refractivity contribution in [2.24, 2.45) is 0 Å². The molecule has 0 atom stereocenters. The Balaban J connectivity index is 1.57. The molecule has 7 nitrogen and oxygen atoms in total. The van der Waals surface area contributed by atoms with Crippen molar-refractivity contribution < 1.29 is 4.79 Å². The van der Waals surface area contributed by atoms with E-state index in [1.165, 1.54) is 11.3 Å². The predicted octanol–water partition coefficient (Wildman–Crippen LogP) is 1.77. The molecule has 3 aromatic rings. The molecule has 0 spiro atoms. The zero-order valence-corrected chi connectivity index (χ0v) is 14.5. The summed E-state index contributed by atoms with van der Waals surface area (Å²) in [5, 5.41) is 14.6. The van der Waals surface area contributed by atoms with E-state index in [4.69, 9.17) is 0 Å². The monoisotopic (exact) mass is 342 g/mol. The van der Waals surface area contributed by atoms with E-state index in [9.17, 15) is 4.79 Å². The summed E-state index contributed by atoms with van der Waals surface area (Å²) in [6.07, 6.45) is 1.63. The minimum Gasteiger partial charge on any atom is -0.365 e. The summed E-state index contributed by atoms with van der Waals surface area (Å²) in [5.74, 6) is 0.125. The minimum atomic E-state index is 0.125. The number of hydrogen-bond acceptors (Lipinski definition) is 6. The Morgan fingerprint density at radius 1 is 1.21 bits per heavy atom. The molecule has 124 valence electrons. The van der Waals surface area contributed by atoms with E-state index in [0.717, 1.165) is 40.6 Å². The number of thiophene rings is 1. The Labute approximate surface area is 143 Å². The van der Waals surface area contributed by atoms with Crippen LogP contribution in [-0.4, -0.2) is 56.8 Å². The molecule has 1 amide bonds. The van der Waals surface area contributed by atoms with Gasteiger partial charge in [0, 0.05) is 26.2 Å². The highest BCUT2D eigenvalue weighted by Gasteiger charge is 2.26. The lowest BCUT2D eigenvalue weighted by Crippen LogP contribution is -2.49. The molecule has 0 aromatic carbocycles. The van der Waals surface area contributed by atoms with Crippen molar-refractivity contribution in [3.05, 3.63) is 40.0 Å². The molecule has 4 heterocycles. The van der Waals surface area contributed by atoms with Gasteiger partial charge in [-0.15, -0.1) is 21.5 Å². The molecular weight excluding hydrogens is 324 g/mol. The molecule has 0 unspecified atom stereocenters. The number of nitrogens with zero attached hydrogens (tertiary/aromatic N) is 6. The molecule has 0 radical (unpaired) electrons. The third-order valence-electron chi connectivity index (χ3n) is 4.51. The van der Waals surface area contributed by atoms with Crippen LogP contribution < -0.4 is 4.90 Å². The summed E-state index contributed by atoms with van der Waals surface area (Å²) in [4.78, 5) is 17.5. The summed E-state index contributed by atoms with van der Waals surface area (Å²) < 4.78 is 1.72. The maximum absolute atomic E-state index is 12.5. The molecule has 1 fully saturated rings. The zero-order valence-electron chi connectivity index (χ0n) is 13.6. The maximum atomic E-state index is 12.5. The second-order valence-corrected chi connectivity index (χ2v) is 6.86. The molecule has 24 heavy (non-hydrogen) atoms. The van der Waals surface area contributed by atoms with Gasteiger partial charge in [0.05, 0.1) is 16.3 Å². The molecule has 0 saturated carbocycles. The second kappa shape index (κ2) is 5.86. The third kappa shape index (κ3) is 2.43. The van der Waals surface area contributed by atoms with Crippen LogP contribution in [0.4, 0.5) is 5.69 Å². The molecule has 0 bridgehead atoms. The average Bonchev–Trinajstić information content (AvgIpc) is 3.27. The number of fused-ring (bicyclic) bond motifs is 1. The minimum absolute atomic E-state index is 0.125. The highest BCUT2D eigenvalue weighted by Crippen LogP contribution is 2.27. The highest BCUT2D eigenvalue weighted by atomic mass is 32.1. The Morgan fingerprint density at radius 2 is 2.00 bits per heavy atom. The Morgan fingerprint density at radius 3 is 2.71 bits per heavy atom. The van der Waals surface area contributed by atoms with Gasteiger partial charge in [0.15, 0.2) is 0 Å². The van der Waals surface area contributed by atoms with Crippen molar-refractivity contribution >= 4 is 28.6 Å². The van der Waals surface area contributed by atoms with Crippen molar-refractivity contribution in [1.82, 2.24) is 24.7 Å². The van der Waals surface area contributed by atoms with Crippen molar-refractivity contribution in [3.8, 4) is 0 Å². The molecule has 0 N–H and O–H groups in total. The van der Waals surface area contributed by atoms with Gasteiger partial charge < -0.3 is 9.80 Å². The molecule has 0 aliphatic carbocycles. The first kappa shape index (κ1) is 15.1. The van der Waals surface area contributed by atoms with E-state index < -0.39 is 0 Å². The SMILES string of the molecule is Cc1nn2cnnc2c(N2CCN(C(=O)c3cccs3)CC2)c1C. The number of rotatable bonds is 2. The number of anilines is 1. The van der Waals surface area contributed by atoms with Gasteiger partial charge in [-0.05, 0) is 30.9 Å². The molecule has 4 rings (SSSR count). The molecular formula is C16H18N6OS. The van der Waals surface area contributed by atoms with Gasteiger partial charge in [-0.25, -0.2) is 0 Å². The van der Waals surface area contributed by atoms with E-state index in [2.05, 4.69) is 27.1 Å². The normalized spacial score (nSPS) is 15.2. The number of amides is 1. The van der Waals surface area contributed by atoms with Crippen LogP contribution in [0.2, 0.25) is 0 Å². The molecule has 1 aliphatic rings. The van der Waals surface area contributed by atoms with E-state index in [0.29, 0.717) is 13.1 Å². The molecule has 1 aliphatic heterocycles. The van der Waals surface area contributed by atoms with E-state index in [1.807, 2.05) is 29.3 Å². The zero-order chi connectivity index (χ0) is 16.7. The van der Waals surface area contributed by atoms with Crippen LogP contribution in [0, 0.1) is 13.8 Å². The largest absolute Gasteiger partial charge is 0.365 e. The van der Waals surface area contributed by atoms with Crippen molar-refractivity contribution in [2.75, 3.05) is 31.1 Å². The number of aromatic nitrogens is 4. The van der Waals surface area contributed by atoms with Gasteiger partial charge in [-0.3, -0.25) is 4.79 Å². The van der Waals surface area contributed by atoms with Gasteiger partial charge in [0.1, 0.15) is 6.33 Å². The van der Waals surface area contributed by atoms with Crippen LogP contribution in [0.25, 0.3) is 5.65 Å². The maximum Gasteiger partial charge on any atom is 0.264 e. The van der Waals surface area contributed by atoms with Crippen LogP contribution in [-0.2, 0) is 0 Å². The predicted molar refractivity (Wildman–Crippen MR) is 92.7 cm³/mol. The summed E-state index contributed by atoms with van der Waals surface area (Å²) in [6.45, 7) is 7.04. The Hall–Kier alpha value is -2.48. The van der Waals surface area contributed by atoms with Crippen LogP contribution in [0.3, 0.4) is 0 Å². The fourth-order valence-electron chi connectivity index (χ4n) is 3.10. The van der Waals surface area contributed by atoms with E-state index in [1.54, 1.807) is 10.8 Å². The second-order valence-electron chi connectivity index (χ2n) is 5.91. The lowest BCUT2D eigenvalue weighted by molar-refractivity contribution is 0.0751. The number of carbonyl (C=O) groups excluding carboxylic acids is 1. The Kier molecular flexibility index (Phi) is 3.68. The fourth-order valence-corrected chi connectivity index (χ4v) is 3.79. The van der Waals surface area contributed by atoms with Crippen molar-refractivity contribution in [3.63, 3.8) is 0 Å². The summed E-state index contributed by atoms with van der Waals surface area (Å²) >= 11 is 1.49. The number of aryl methyl sites for hydroxylation is 1. The number of carbonyl (C=O) groups is 1. The van der Waals surface area contributed by atoms with Crippen molar-refractivity contribution in [1.29, 1.82) is 0 Å². The molecule has 8 heteroatoms. The smallest absolute Gasteiger partial charge is 0.264 e. The van der Waals surface area contributed by atoms with Gasteiger partial charge in [-0.2, -0.15) is 9.61 Å². The number of hydrogen-bond donors (Lipinski definition) is 0. The Bertz CT molecular complexity index is 879. The summed E-state index contributed by atoms with van der Waals surface area (Å²) in [5.41, 5.74) is 3.93. The van der Waals surface area contributed by atoms with Gasteiger partial charge >= 0.3 is 0 Å². The highest BCUT2D eigenvalue weighted by molar-refractivity contribution is 7.12. The summed E-state index contributed by atoms with van der Waals surface area (Å²) in [6, 6.07) is 3.80. The first-order valence-electron chi connectivity index (χ1n) is 7.90. The van der Waals surface area contributed by atoms with Crippen LogP contribution in [0.15, 0.2) is 23.8 Å². The average molecular weight is 342 g/mol. The van der Waals surface area contributed by atoms with E-state index >= 15 is 0 Å². The third-order valence-corrected chi connectivity index (χ3v) is 5.37. The first-order valence-corrected chi connectivity index (χ1v) is 8.78. The van der Waals surface area contributed by atoms with Crippen LogP contribution in [0.1, 0.15) is 20.9 Å². The van der Waals surface area contributed by atoms with Crippen LogP contribution in [0.5, 0.6) is 0 Å². The number of piperazine rings is 1. The fraction of sp³-hybridized carbons (Fsp3) is 0.375.